The standard InChI is InChI=1S/C27H29N2/c1-17(2)26-10-8-23(16-28-26)21-7-9-24-22(15-21)11-12-29(6)27(24)25-14-18(3)13-19(4)20(25)5/h7-17H,1-6H3/q+1. The van der Waals surface area contributed by atoms with Crippen molar-refractivity contribution in [2.45, 2.75) is 40.5 Å². The summed E-state index contributed by atoms with van der Waals surface area (Å²) in [6.07, 6.45) is 4.16. The van der Waals surface area contributed by atoms with Crippen LogP contribution in [-0.2, 0) is 7.05 Å². The Bertz CT molecular complexity index is 1200. The molecule has 0 spiro atoms. The van der Waals surface area contributed by atoms with Gasteiger partial charge in [0.1, 0.15) is 7.05 Å². The molecule has 0 saturated carbocycles. The molecule has 0 unspecified atom stereocenters. The third kappa shape index (κ3) is 3.55. The molecule has 0 N–H and O–H groups in total. The van der Waals surface area contributed by atoms with Gasteiger partial charge in [0, 0.05) is 23.5 Å². The molecule has 29 heavy (non-hydrogen) atoms. The maximum absolute atomic E-state index is 4.64. The highest BCUT2D eigenvalue weighted by Gasteiger charge is 2.18. The highest BCUT2D eigenvalue weighted by atomic mass is 14.9. The summed E-state index contributed by atoms with van der Waals surface area (Å²) in [6, 6.07) is 17.8. The van der Waals surface area contributed by atoms with Crippen molar-refractivity contribution >= 4 is 10.8 Å². The Morgan fingerprint density at radius 1 is 0.862 bits per heavy atom. The van der Waals surface area contributed by atoms with Crippen LogP contribution in [0.25, 0.3) is 33.2 Å². The average molecular weight is 382 g/mol. The lowest BCUT2D eigenvalue weighted by Gasteiger charge is -2.12. The molecule has 0 radical (unpaired) electrons. The predicted octanol–water partition coefficient (Wildman–Crippen LogP) is 6.44. The van der Waals surface area contributed by atoms with E-state index < -0.39 is 0 Å². The van der Waals surface area contributed by atoms with Gasteiger partial charge >= 0.3 is 0 Å². The summed E-state index contributed by atoms with van der Waals surface area (Å²) in [5.74, 6) is 0.448. The topological polar surface area (TPSA) is 16.8 Å². The van der Waals surface area contributed by atoms with Crippen LogP contribution >= 0.6 is 0 Å². The van der Waals surface area contributed by atoms with Gasteiger partial charge in [-0.2, -0.15) is 0 Å². The van der Waals surface area contributed by atoms with Crippen molar-refractivity contribution in [1.29, 1.82) is 0 Å². The first-order valence-corrected chi connectivity index (χ1v) is 10.3. The van der Waals surface area contributed by atoms with Gasteiger partial charge in [0.2, 0.25) is 5.69 Å². The summed E-state index contributed by atoms with van der Waals surface area (Å²) in [4.78, 5) is 4.64. The van der Waals surface area contributed by atoms with E-state index in [2.05, 4.69) is 106 Å². The van der Waals surface area contributed by atoms with Gasteiger partial charge in [0.15, 0.2) is 6.20 Å². The van der Waals surface area contributed by atoms with Crippen LogP contribution in [-0.4, -0.2) is 4.98 Å². The minimum atomic E-state index is 0.448. The van der Waals surface area contributed by atoms with Gasteiger partial charge in [-0.05, 0) is 73.0 Å². The molecule has 0 aliphatic heterocycles. The van der Waals surface area contributed by atoms with Crippen LogP contribution in [0.15, 0.2) is 60.9 Å². The third-order valence-corrected chi connectivity index (χ3v) is 5.92. The van der Waals surface area contributed by atoms with Crippen LogP contribution in [0.1, 0.15) is 42.1 Å². The molecule has 0 aliphatic rings. The zero-order chi connectivity index (χ0) is 20.7. The summed E-state index contributed by atoms with van der Waals surface area (Å²) in [5.41, 5.74) is 10.1. The number of aryl methyl sites for hydroxylation is 3. The second-order valence-corrected chi connectivity index (χ2v) is 8.46. The van der Waals surface area contributed by atoms with E-state index in [0.29, 0.717) is 5.92 Å². The number of hydrogen-bond donors (Lipinski definition) is 0. The highest BCUT2D eigenvalue weighted by Crippen LogP contribution is 2.32. The number of rotatable bonds is 3. The lowest BCUT2D eigenvalue weighted by Crippen LogP contribution is -2.30. The zero-order valence-corrected chi connectivity index (χ0v) is 18.2. The molecule has 2 aromatic carbocycles. The molecule has 4 rings (SSSR count). The van der Waals surface area contributed by atoms with Gasteiger partial charge in [-0.1, -0.05) is 37.6 Å². The molecular weight excluding hydrogens is 352 g/mol. The Morgan fingerprint density at radius 3 is 2.31 bits per heavy atom. The van der Waals surface area contributed by atoms with Crippen LogP contribution in [0, 0.1) is 20.8 Å². The van der Waals surface area contributed by atoms with Gasteiger partial charge in [-0.3, -0.25) is 4.98 Å². The average Bonchev–Trinajstić information content (AvgIpc) is 2.70. The van der Waals surface area contributed by atoms with Gasteiger partial charge in [-0.25, -0.2) is 4.57 Å². The van der Waals surface area contributed by atoms with E-state index in [0.717, 1.165) is 11.3 Å². The van der Waals surface area contributed by atoms with Gasteiger partial charge < -0.3 is 0 Å². The van der Waals surface area contributed by atoms with Crippen molar-refractivity contribution in [1.82, 2.24) is 4.98 Å². The van der Waals surface area contributed by atoms with Gasteiger partial charge in [0.05, 0.1) is 10.9 Å². The quantitative estimate of drug-likeness (QED) is 0.373. The smallest absolute Gasteiger partial charge is 0.220 e. The summed E-state index contributed by atoms with van der Waals surface area (Å²) < 4.78 is 2.24. The third-order valence-electron chi connectivity index (χ3n) is 5.92. The van der Waals surface area contributed by atoms with Crippen molar-refractivity contribution in [3.8, 4) is 22.4 Å². The molecule has 2 heterocycles. The Balaban J connectivity index is 1.88. The fraction of sp³-hybridized carbons (Fsp3) is 0.259. The van der Waals surface area contributed by atoms with Crippen molar-refractivity contribution in [3.05, 3.63) is 83.3 Å². The zero-order valence-electron chi connectivity index (χ0n) is 18.2. The summed E-state index contributed by atoms with van der Waals surface area (Å²) in [5, 5.41) is 2.53. The molecule has 0 atom stereocenters. The molecule has 146 valence electrons. The molecule has 2 aromatic heterocycles. The van der Waals surface area contributed by atoms with E-state index in [1.165, 1.54) is 44.3 Å². The van der Waals surface area contributed by atoms with E-state index in [4.69, 9.17) is 0 Å². The van der Waals surface area contributed by atoms with Crippen LogP contribution in [0.3, 0.4) is 0 Å². The first-order valence-electron chi connectivity index (χ1n) is 10.3. The second kappa shape index (κ2) is 7.44. The molecule has 0 saturated heterocycles. The lowest BCUT2D eigenvalue weighted by atomic mass is 9.93. The molecule has 0 amide bonds. The Morgan fingerprint density at radius 2 is 1.62 bits per heavy atom. The first kappa shape index (κ1) is 19.3. The molecule has 0 bridgehead atoms. The Labute approximate surface area is 173 Å². The number of aromatic nitrogens is 2. The number of fused-ring (bicyclic) bond motifs is 1. The molecule has 0 aliphatic carbocycles. The molecule has 2 heteroatoms. The minimum absolute atomic E-state index is 0.448. The Hall–Kier alpha value is -3.00. The molecular formula is C27H29N2+. The second-order valence-electron chi connectivity index (χ2n) is 8.46. The van der Waals surface area contributed by atoms with Crippen molar-refractivity contribution in [3.63, 3.8) is 0 Å². The highest BCUT2D eigenvalue weighted by molar-refractivity contribution is 5.96. The van der Waals surface area contributed by atoms with Crippen LogP contribution < -0.4 is 4.57 Å². The first-order chi connectivity index (χ1) is 13.8. The lowest BCUT2D eigenvalue weighted by molar-refractivity contribution is -0.659. The maximum Gasteiger partial charge on any atom is 0.220 e. The van der Waals surface area contributed by atoms with Crippen molar-refractivity contribution < 1.29 is 4.57 Å². The fourth-order valence-corrected chi connectivity index (χ4v) is 4.09. The summed E-state index contributed by atoms with van der Waals surface area (Å²) in [6.45, 7) is 10.9. The van der Waals surface area contributed by atoms with E-state index in [1.807, 2.05) is 6.20 Å². The SMILES string of the molecule is Cc1cc(C)c(C)c(-c2c3ccc(-c4ccc(C(C)C)nc4)cc3cc[n+]2C)c1. The number of hydrogen-bond acceptors (Lipinski definition) is 1. The predicted molar refractivity (Wildman–Crippen MR) is 122 cm³/mol. The summed E-state index contributed by atoms with van der Waals surface area (Å²) >= 11 is 0. The molecule has 4 aromatic rings. The van der Waals surface area contributed by atoms with E-state index in [-0.39, 0.29) is 0 Å². The maximum atomic E-state index is 4.64. The number of benzene rings is 2. The van der Waals surface area contributed by atoms with Gasteiger partial charge in [-0.15, -0.1) is 0 Å². The van der Waals surface area contributed by atoms with Crippen molar-refractivity contribution in [2.24, 2.45) is 7.05 Å². The van der Waals surface area contributed by atoms with E-state index in [9.17, 15) is 0 Å². The van der Waals surface area contributed by atoms with E-state index >= 15 is 0 Å². The molecule has 2 nitrogen and oxygen atoms in total. The normalized spacial score (nSPS) is 11.4. The largest absolute Gasteiger partial charge is 0.260 e. The van der Waals surface area contributed by atoms with Crippen molar-refractivity contribution in [2.75, 3.05) is 0 Å². The fourth-order valence-electron chi connectivity index (χ4n) is 4.09. The van der Waals surface area contributed by atoms with Gasteiger partial charge in [0.25, 0.3) is 0 Å². The summed E-state index contributed by atoms with van der Waals surface area (Å²) in [7, 11) is 2.13. The minimum Gasteiger partial charge on any atom is -0.260 e. The van der Waals surface area contributed by atoms with Crippen LogP contribution in [0.4, 0.5) is 0 Å². The Kier molecular flexibility index (Phi) is 4.96. The van der Waals surface area contributed by atoms with Crippen LogP contribution in [0.2, 0.25) is 0 Å². The molecule has 0 fully saturated rings. The number of nitrogens with zero attached hydrogens (tertiary/aromatic N) is 2. The van der Waals surface area contributed by atoms with Crippen LogP contribution in [0.5, 0.6) is 0 Å². The number of pyridine rings is 2. The van der Waals surface area contributed by atoms with E-state index in [1.54, 1.807) is 0 Å². The monoisotopic (exact) mass is 381 g/mol.